The normalized spacial score (nSPS) is 10.3. The number of nitrogens with one attached hydrogen (secondary N) is 1. The van der Waals surface area contributed by atoms with Crippen LogP contribution in [0.4, 0.5) is 5.69 Å². The molecule has 0 bridgehead atoms. The number of para-hydroxylation sites is 1. The van der Waals surface area contributed by atoms with Crippen molar-refractivity contribution in [3.05, 3.63) is 56.4 Å². The van der Waals surface area contributed by atoms with E-state index in [0.717, 1.165) is 21.4 Å². The third kappa shape index (κ3) is 3.67. The van der Waals surface area contributed by atoms with E-state index < -0.39 is 0 Å². The number of rotatable bonds is 3. The molecule has 2 aromatic rings. The van der Waals surface area contributed by atoms with E-state index in [1.807, 2.05) is 31.2 Å². The Morgan fingerprint density at radius 1 is 1.37 bits per heavy atom. The average molecular weight is 387 g/mol. The Bertz CT molecular complexity index is 616. The molecule has 0 saturated heterocycles. The van der Waals surface area contributed by atoms with Crippen LogP contribution < -0.4 is 5.32 Å². The molecule has 1 amide bonds. The molecular formula is C14H12ClIN2O. The van der Waals surface area contributed by atoms with Crippen LogP contribution >= 0.6 is 34.2 Å². The lowest BCUT2D eigenvalue weighted by atomic mass is 10.2. The van der Waals surface area contributed by atoms with Crippen LogP contribution in [-0.2, 0) is 6.42 Å². The van der Waals surface area contributed by atoms with Gasteiger partial charge in [0, 0.05) is 14.8 Å². The number of carbonyl (C=O) groups excluding carboxylic acids is 1. The summed E-state index contributed by atoms with van der Waals surface area (Å²) in [5.41, 5.74) is 2.12. The lowest BCUT2D eigenvalue weighted by molar-refractivity contribution is 0.102. The number of nitrogens with zero attached hydrogens (tertiary/aromatic N) is 1. The van der Waals surface area contributed by atoms with E-state index in [1.54, 1.807) is 12.1 Å². The van der Waals surface area contributed by atoms with Crippen molar-refractivity contribution in [2.75, 3.05) is 5.32 Å². The molecule has 0 aliphatic heterocycles. The lowest BCUT2D eigenvalue weighted by Gasteiger charge is -2.08. The molecule has 0 aliphatic rings. The van der Waals surface area contributed by atoms with E-state index in [9.17, 15) is 4.79 Å². The highest BCUT2D eigenvalue weighted by Gasteiger charge is 2.10. The number of pyridine rings is 1. The predicted octanol–water partition coefficient (Wildman–Crippen LogP) is 4.15. The molecule has 1 aromatic heterocycles. The number of aromatic nitrogens is 1. The zero-order chi connectivity index (χ0) is 13.8. The Hall–Kier alpha value is -1.14. The molecule has 0 spiro atoms. The Labute approximate surface area is 130 Å². The second kappa shape index (κ2) is 6.34. The van der Waals surface area contributed by atoms with Crippen LogP contribution in [0, 0.1) is 3.57 Å². The average Bonchev–Trinajstić information content (AvgIpc) is 2.40. The molecule has 0 aliphatic carbocycles. The van der Waals surface area contributed by atoms with E-state index >= 15 is 0 Å². The fourth-order valence-corrected chi connectivity index (χ4v) is 2.37. The van der Waals surface area contributed by atoms with E-state index in [0.29, 0.717) is 10.7 Å². The predicted molar refractivity (Wildman–Crippen MR) is 85.7 cm³/mol. The molecule has 5 heteroatoms. The highest BCUT2D eigenvalue weighted by Crippen LogP contribution is 2.19. The fourth-order valence-electron chi connectivity index (χ4n) is 1.62. The first-order chi connectivity index (χ1) is 9.10. The van der Waals surface area contributed by atoms with Crippen molar-refractivity contribution in [2.45, 2.75) is 13.3 Å². The van der Waals surface area contributed by atoms with Crippen molar-refractivity contribution < 1.29 is 4.79 Å². The van der Waals surface area contributed by atoms with Gasteiger partial charge in [0.15, 0.2) is 0 Å². The summed E-state index contributed by atoms with van der Waals surface area (Å²) in [4.78, 5) is 16.3. The zero-order valence-corrected chi connectivity index (χ0v) is 13.2. The number of aryl methyl sites for hydroxylation is 1. The molecule has 0 radical (unpaired) electrons. The van der Waals surface area contributed by atoms with Crippen molar-refractivity contribution in [2.24, 2.45) is 0 Å². The van der Waals surface area contributed by atoms with Crippen LogP contribution in [0.15, 0.2) is 36.4 Å². The van der Waals surface area contributed by atoms with Crippen LogP contribution in [0.25, 0.3) is 0 Å². The monoisotopic (exact) mass is 386 g/mol. The highest BCUT2D eigenvalue weighted by molar-refractivity contribution is 14.1. The van der Waals surface area contributed by atoms with Crippen LogP contribution in [0.1, 0.15) is 23.0 Å². The standard InChI is InChI=1S/C14H12ClIN2O/c1-2-10-7-9(8-13(15)17-10)14(19)18-12-6-4-3-5-11(12)16/h3-8H,2H2,1H3,(H,18,19). The maximum Gasteiger partial charge on any atom is 0.255 e. The number of anilines is 1. The number of carbonyl (C=O) groups is 1. The fraction of sp³-hybridized carbons (Fsp3) is 0.143. The Morgan fingerprint density at radius 3 is 2.79 bits per heavy atom. The van der Waals surface area contributed by atoms with Gasteiger partial charge in [0.1, 0.15) is 5.15 Å². The second-order valence-corrected chi connectivity index (χ2v) is 5.51. The molecule has 19 heavy (non-hydrogen) atoms. The third-order valence-corrected chi connectivity index (χ3v) is 3.73. The first kappa shape index (κ1) is 14.3. The SMILES string of the molecule is CCc1cc(C(=O)Nc2ccccc2I)cc(Cl)n1. The van der Waals surface area contributed by atoms with Crippen molar-refractivity contribution >= 4 is 45.8 Å². The van der Waals surface area contributed by atoms with Crippen LogP contribution in [0.3, 0.4) is 0 Å². The highest BCUT2D eigenvalue weighted by atomic mass is 127. The van der Waals surface area contributed by atoms with E-state index in [1.165, 1.54) is 0 Å². The zero-order valence-electron chi connectivity index (χ0n) is 10.3. The molecule has 3 nitrogen and oxygen atoms in total. The number of hydrogen-bond acceptors (Lipinski definition) is 2. The first-order valence-corrected chi connectivity index (χ1v) is 7.28. The summed E-state index contributed by atoms with van der Waals surface area (Å²) in [6, 6.07) is 10.9. The Balaban J connectivity index is 2.25. The molecule has 1 aromatic carbocycles. The van der Waals surface area contributed by atoms with Crippen LogP contribution in [-0.4, -0.2) is 10.9 Å². The van der Waals surface area contributed by atoms with Crippen molar-refractivity contribution in [1.82, 2.24) is 4.98 Å². The topological polar surface area (TPSA) is 42.0 Å². The molecule has 0 saturated carbocycles. The molecule has 2 rings (SSSR count). The number of benzene rings is 1. The van der Waals surface area contributed by atoms with E-state index in [2.05, 4.69) is 32.9 Å². The third-order valence-electron chi connectivity index (χ3n) is 2.59. The van der Waals surface area contributed by atoms with Crippen LogP contribution in [0.2, 0.25) is 5.15 Å². The quantitative estimate of drug-likeness (QED) is 0.636. The summed E-state index contributed by atoms with van der Waals surface area (Å²) >= 11 is 8.10. The summed E-state index contributed by atoms with van der Waals surface area (Å²) in [5.74, 6) is -0.178. The summed E-state index contributed by atoms with van der Waals surface area (Å²) in [6.45, 7) is 1.97. The van der Waals surface area contributed by atoms with Gasteiger partial charge in [-0.05, 0) is 53.3 Å². The molecule has 0 fully saturated rings. The molecule has 98 valence electrons. The van der Waals surface area contributed by atoms with Crippen molar-refractivity contribution in [3.8, 4) is 0 Å². The van der Waals surface area contributed by atoms with Gasteiger partial charge in [0.2, 0.25) is 0 Å². The van der Waals surface area contributed by atoms with Gasteiger partial charge in [-0.2, -0.15) is 0 Å². The minimum Gasteiger partial charge on any atom is -0.321 e. The van der Waals surface area contributed by atoms with Gasteiger partial charge in [-0.3, -0.25) is 4.79 Å². The largest absolute Gasteiger partial charge is 0.321 e. The Kier molecular flexibility index (Phi) is 4.76. The van der Waals surface area contributed by atoms with Crippen LogP contribution in [0.5, 0.6) is 0 Å². The molecule has 1 heterocycles. The van der Waals surface area contributed by atoms with Gasteiger partial charge < -0.3 is 5.32 Å². The van der Waals surface area contributed by atoms with E-state index in [4.69, 9.17) is 11.6 Å². The van der Waals surface area contributed by atoms with Crippen molar-refractivity contribution in [3.63, 3.8) is 0 Å². The summed E-state index contributed by atoms with van der Waals surface area (Å²) in [7, 11) is 0. The van der Waals surface area contributed by atoms with Gasteiger partial charge in [-0.15, -0.1) is 0 Å². The molecule has 1 N–H and O–H groups in total. The van der Waals surface area contributed by atoms with Crippen molar-refractivity contribution in [1.29, 1.82) is 0 Å². The molecular weight excluding hydrogens is 375 g/mol. The summed E-state index contributed by atoms with van der Waals surface area (Å²) < 4.78 is 0.990. The maximum atomic E-state index is 12.2. The van der Waals surface area contributed by atoms with E-state index in [-0.39, 0.29) is 5.91 Å². The minimum atomic E-state index is -0.178. The number of hydrogen-bond donors (Lipinski definition) is 1. The molecule has 0 atom stereocenters. The summed E-state index contributed by atoms with van der Waals surface area (Å²) in [6.07, 6.45) is 0.740. The van der Waals surface area contributed by atoms with Gasteiger partial charge >= 0.3 is 0 Å². The minimum absolute atomic E-state index is 0.178. The van der Waals surface area contributed by atoms with Gasteiger partial charge in [-0.25, -0.2) is 4.98 Å². The second-order valence-electron chi connectivity index (χ2n) is 3.96. The van der Waals surface area contributed by atoms with Gasteiger partial charge in [0.05, 0.1) is 5.69 Å². The number of halogens is 2. The summed E-state index contributed by atoms with van der Waals surface area (Å²) in [5, 5.41) is 3.21. The Morgan fingerprint density at radius 2 is 2.11 bits per heavy atom. The smallest absolute Gasteiger partial charge is 0.255 e. The van der Waals surface area contributed by atoms with Gasteiger partial charge in [0.25, 0.3) is 5.91 Å². The maximum absolute atomic E-state index is 12.2. The first-order valence-electron chi connectivity index (χ1n) is 5.82. The molecule has 0 unspecified atom stereocenters. The lowest BCUT2D eigenvalue weighted by Crippen LogP contribution is -2.13. The number of amides is 1. The van der Waals surface area contributed by atoms with Gasteiger partial charge in [-0.1, -0.05) is 30.7 Å².